The van der Waals surface area contributed by atoms with E-state index < -0.39 is 0 Å². The highest BCUT2D eigenvalue weighted by Gasteiger charge is 2.25. The first-order valence-electron chi connectivity index (χ1n) is 5.79. The third-order valence-electron chi connectivity index (χ3n) is 3.30. The molecule has 2 rings (SSSR count). The highest BCUT2D eigenvalue weighted by Crippen LogP contribution is 2.22. The number of nitrogens with zero attached hydrogens (tertiary/aromatic N) is 3. The van der Waals surface area contributed by atoms with E-state index in [1.807, 2.05) is 18.0 Å². The predicted octanol–water partition coefficient (Wildman–Crippen LogP) is 1.86. The molecular weight excluding hydrogens is 217 g/mol. The average Bonchev–Trinajstić information content (AvgIpc) is 2.33. The van der Waals surface area contributed by atoms with Crippen molar-refractivity contribution in [3.05, 3.63) is 30.1 Å². The van der Waals surface area contributed by atoms with Crippen LogP contribution in [0.25, 0.3) is 0 Å². The minimum absolute atomic E-state index is 0.187. The van der Waals surface area contributed by atoms with E-state index in [2.05, 4.69) is 11.0 Å². The van der Waals surface area contributed by atoms with Crippen LogP contribution < -0.4 is 4.90 Å². The van der Waals surface area contributed by atoms with Crippen LogP contribution in [0.1, 0.15) is 6.42 Å². The Balaban J connectivity index is 2.14. The highest BCUT2D eigenvalue weighted by molar-refractivity contribution is 5.48. The number of para-hydroxylation sites is 1. The highest BCUT2D eigenvalue weighted by atomic mass is 19.1. The van der Waals surface area contributed by atoms with E-state index in [4.69, 9.17) is 5.26 Å². The summed E-state index contributed by atoms with van der Waals surface area (Å²) in [6.07, 6.45) is 0.488. The van der Waals surface area contributed by atoms with E-state index in [1.165, 1.54) is 6.07 Å². The van der Waals surface area contributed by atoms with Crippen LogP contribution in [0.4, 0.5) is 10.1 Å². The Morgan fingerprint density at radius 2 is 2.18 bits per heavy atom. The van der Waals surface area contributed by atoms with Gasteiger partial charge in [0.25, 0.3) is 0 Å². The maximum atomic E-state index is 13.7. The van der Waals surface area contributed by atoms with Gasteiger partial charge in [0.1, 0.15) is 5.82 Å². The number of rotatable bonds is 2. The summed E-state index contributed by atoms with van der Waals surface area (Å²) in [6.45, 7) is 2.38. The van der Waals surface area contributed by atoms with E-state index in [0.29, 0.717) is 18.7 Å². The predicted molar refractivity (Wildman–Crippen MR) is 65.3 cm³/mol. The van der Waals surface area contributed by atoms with Gasteiger partial charge in [0.2, 0.25) is 0 Å². The normalized spacial score (nSPS) is 21.2. The van der Waals surface area contributed by atoms with Gasteiger partial charge in [-0.15, -0.1) is 0 Å². The van der Waals surface area contributed by atoms with E-state index in [-0.39, 0.29) is 11.9 Å². The van der Waals surface area contributed by atoms with E-state index >= 15 is 0 Å². The molecule has 0 bridgehead atoms. The van der Waals surface area contributed by atoms with Crippen LogP contribution >= 0.6 is 0 Å². The molecule has 1 heterocycles. The summed E-state index contributed by atoms with van der Waals surface area (Å²) in [7, 11) is 2.01. The molecule has 0 N–H and O–H groups in total. The Morgan fingerprint density at radius 1 is 1.41 bits per heavy atom. The summed E-state index contributed by atoms with van der Waals surface area (Å²) in [4.78, 5) is 4.19. The number of anilines is 1. The first-order valence-corrected chi connectivity index (χ1v) is 5.79. The molecule has 4 heteroatoms. The van der Waals surface area contributed by atoms with Crippen molar-refractivity contribution in [1.82, 2.24) is 4.90 Å². The molecule has 0 spiro atoms. The number of hydrogen-bond donors (Lipinski definition) is 0. The van der Waals surface area contributed by atoms with E-state index in [1.54, 1.807) is 12.1 Å². The van der Waals surface area contributed by atoms with Gasteiger partial charge in [0.15, 0.2) is 0 Å². The number of piperazine rings is 1. The third kappa shape index (κ3) is 2.56. The maximum absolute atomic E-state index is 13.7. The summed E-state index contributed by atoms with van der Waals surface area (Å²) in [5.41, 5.74) is 0.642. The Hall–Kier alpha value is -1.60. The molecule has 0 radical (unpaired) electrons. The zero-order valence-corrected chi connectivity index (χ0v) is 9.93. The van der Waals surface area contributed by atoms with Crippen LogP contribution in [0, 0.1) is 17.1 Å². The van der Waals surface area contributed by atoms with Gasteiger partial charge in [-0.2, -0.15) is 5.26 Å². The fourth-order valence-corrected chi connectivity index (χ4v) is 2.20. The van der Waals surface area contributed by atoms with Crippen LogP contribution in [0.3, 0.4) is 0 Å². The first kappa shape index (κ1) is 11.9. The van der Waals surface area contributed by atoms with Crippen LogP contribution in [-0.4, -0.2) is 37.6 Å². The lowest BCUT2D eigenvalue weighted by atomic mass is 10.1. The van der Waals surface area contributed by atoms with Crippen molar-refractivity contribution in [2.24, 2.45) is 0 Å². The molecule has 1 aliphatic rings. The molecular formula is C13H16FN3. The Bertz CT molecular complexity index is 427. The molecule has 1 aromatic rings. The second kappa shape index (κ2) is 5.15. The minimum Gasteiger partial charge on any atom is -0.366 e. The van der Waals surface area contributed by atoms with Gasteiger partial charge in [-0.25, -0.2) is 4.39 Å². The van der Waals surface area contributed by atoms with Gasteiger partial charge in [-0.1, -0.05) is 12.1 Å². The maximum Gasteiger partial charge on any atom is 0.146 e. The van der Waals surface area contributed by atoms with Crippen LogP contribution in [0.15, 0.2) is 24.3 Å². The van der Waals surface area contributed by atoms with Crippen LogP contribution in [-0.2, 0) is 0 Å². The Kier molecular flexibility index (Phi) is 3.60. The summed E-state index contributed by atoms with van der Waals surface area (Å²) in [5, 5.41) is 8.78. The average molecular weight is 233 g/mol. The summed E-state index contributed by atoms with van der Waals surface area (Å²) in [5.74, 6) is -0.187. The monoisotopic (exact) mass is 233 g/mol. The zero-order chi connectivity index (χ0) is 12.3. The molecule has 1 atom stereocenters. The molecule has 0 aromatic heterocycles. The molecule has 0 amide bonds. The standard InChI is InChI=1S/C13H16FN3/c1-16-8-9-17(10-11(16)6-7-15)13-5-3-2-4-12(13)14/h2-5,11H,6,8-10H2,1H3. The number of likely N-dealkylation sites (N-methyl/N-ethyl adjacent to an activating group) is 1. The quantitative estimate of drug-likeness (QED) is 0.781. The van der Waals surface area contributed by atoms with Crippen molar-refractivity contribution < 1.29 is 4.39 Å². The van der Waals surface area contributed by atoms with Gasteiger partial charge in [0, 0.05) is 25.7 Å². The number of halogens is 1. The van der Waals surface area contributed by atoms with Crippen molar-refractivity contribution >= 4 is 5.69 Å². The molecule has 90 valence electrons. The van der Waals surface area contributed by atoms with Crippen molar-refractivity contribution in [3.63, 3.8) is 0 Å². The topological polar surface area (TPSA) is 30.3 Å². The lowest BCUT2D eigenvalue weighted by Gasteiger charge is -2.39. The lowest BCUT2D eigenvalue weighted by Crippen LogP contribution is -2.51. The second-order valence-electron chi connectivity index (χ2n) is 4.39. The van der Waals surface area contributed by atoms with Gasteiger partial charge in [0.05, 0.1) is 18.2 Å². The molecule has 1 fully saturated rings. The molecule has 1 aliphatic heterocycles. The largest absolute Gasteiger partial charge is 0.366 e. The summed E-state index contributed by atoms with van der Waals surface area (Å²) < 4.78 is 13.7. The second-order valence-corrected chi connectivity index (χ2v) is 4.39. The minimum atomic E-state index is -0.187. The summed E-state index contributed by atoms with van der Waals surface area (Å²) in [6, 6.07) is 9.19. The summed E-state index contributed by atoms with van der Waals surface area (Å²) >= 11 is 0. The van der Waals surface area contributed by atoms with Gasteiger partial charge < -0.3 is 4.90 Å². The van der Waals surface area contributed by atoms with E-state index in [0.717, 1.165) is 13.1 Å². The molecule has 1 saturated heterocycles. The lowest BCUT2D eigenvalue weighted by molar-refractivity contribution is 0.221. The molecule has 1 unspecified atom stereocenters. The van der Waals surface area contributed by atoms with Crippen LogP contribution in [0.5, 0.6) is 0 Å². The molecule has 17 heavy (non-hydrogen) atoms. The number of benzene rings is 1. The molecule has 1 aromatic carbocycles. The fraction of sp³-hybridized carbons (Fsp3) is 0.462. The van der Waals surface area contributed by atoms with Crippen molar-refractivity contribution in [3.8, 4) is 6.07 Å². The van der Waals surface area contributed by atoms with Crippen molar-refractivity contribution in [2.45, 2.75) is 12.5 Å². The molecule has 0 aliphatic carbocycles. The van der Waals surface area contributed by atoms with E-state index in [9.17, 15) is 4.39 Å². The fourth-order valence-electron chi connectivity index (χ4n) is 2.20. The molecule has 3 nitrogen and oxygen atoms in total. The Morgan fingerprint density at radius 3 is 2.88 bits per heavy atom. The smallest absolute Gasteiger partial charge is 0.146 e. The van der Waals surface area contributed by atoms with Gasteiger partial charge in [-0.3, -0.25) is 4.90 Å². The SMILES string of the molecule is CN1CCN(c2ccccc2F)CC1CC#N. The zero-order valence-electron chi connectivity index (χ0n) is 9.93. The Labute approximate surface area is 101 Å². The van der Waals surface area contributed by atoms with Crippen LogP contribution in [0.2, 0.25) is 0 Å². The van der Waals surface area contributed by atoms with Crippen molar-refractivity contribution in [1.29, 1.82) is 5.26 Å². The first-order chi connectivity index (χ1) is 8.22. The van der Waals surface area contributed by atoms with Crippen molar-refractivity contribution in [2.75, 3.05) is 31.6 Å². The third-order valence-corrected chi connectivity index (χ3v) is 3.30. The number of hydrogen-bond acceptors (Lipinski definition) is 3. The van der Waals surface area contributed by atoms with Gasteiger partial charge in [-0.05, 0) is 19.2 Å². The van der Waals surface area contributed by atoms with Gasteiger partial charge >= 0.3 is 0 Å². The number of nitriles is 1. The molecule has 0 saturated carbocycles.